The summed E-state index contributed by atoms with van der Waals surface area (Å²) in [6.07, 6.45) is 0.818. The number of hydrogen-bond acceptors (Lipinski definition) is 7. The highest BCUT2D eigenvalue weighted by atomic mass is 32.1. The van der Waals surface area contributed by atoms with Gasteiger partial charge in [-0.2, -0.15) is 15.1 Å². The van der Waals surface area contributed by atoms with Gasteiger partial charge in [0.05, 0.1) is 29.9 Å². The van der Waals surface area contributed by atoms with Gasteiger partial charge in [0.1, 0.15) is 10.6 Å². The SMILES string of the molecule is Cc1cc(C)n(-c2nc(NCCO)c3c4c(sc3n2)COC(C)(C)C4)n1. The molecular weight excluding hydrogens is 350 g/mol. The van der Waals surface area contributed by atoms with Crippen molar-refractivity contribution in [3.8, 4) is 5.95 Å². The van der Waals surface area contributed by atoms with Crippen LogP contribution in [-0.4, -0.2) is 43.6 Å². The van der Waals surface area contributed by atoms with Crippen LogP contribution in [-0.2, 0) is 17.8 Å². The van der Waals surface area contributed by atoms with Crippen molar-refractivity contribution in [2.24, 2.45) is 0 Å². The number of hydrogen-bond donors (Lipinski definition) is 2. The van der Waals surface area contributed by atoms with E-state index < -0.39 is 0 Å². The molecule has 0 amide bonds. The fourth-order valence-electron chi connectivity index (χ4n) is 3.36. The van der Waals surface area contributed by atoms with E-state index >= 15 is 0 Å². The molecule has 7 nitrogen and oxygen atoms in total. The zero-order valence-corrected chi connectivity index (χ0v) is 16.3. The molecule has 0 saturated carbocycles. The summed E-state index contributed by atoms with van der Waals surface area (Å²) >= 11 is 1.65. The average molecular weight is 373 g/mol. The molecule has 4 heterocycles. The van der Waals surface area contributed by atoms with Crippen molar-refractivity contribution >= 4 is 27.4 Å². The monoisotopic (exact) mass is 373 g/mol. The zero-order valence-electron chi connectivity index (χ0n) is 15.5. The maximum absolute atomic E-state index is 9.26. The van der Waals surface area contributed by atoms with Gasteiger partial charge in [0.2, 0.25) is 0 Å². The topological polar surface area (TPSA) is 85.1 Å². The Labute approximate surface area is 156 Å². The quantitative estimate of drug-likeness (QED) is 0.731. The van der Waals surface area contributed by atoms with Gasteiger partial charge in [0.25, 0.3) is 5.95 Å². The molecule has 0 unspecified atom stereocenters. The number of nitrogens with zero attached hydrogens (tertiary/aromatic N) is 4. The molecule has 1 aliphatic heterocycles. The summed E-state index contributed by atoms with van der Waals surface area (Å²) in [6, 6.07) is 2.00. The number of anilines is 1. The van der Waals surface area contributed by atoms with Gasteiger partial charge in [-0.3, -0.25) is 0 Å². The standard InChI is InChI=1S/C18H23N5O2S/c1-10-7-11(2)23(22-10)17-20-15(19-5-6-24)14-12-8-18(3,4)25-9-13(12)26-16(14)21-17/h7,24H,5-6,8-9H2,1-4H3,(H,19,20,21). The van der Waals surface area contributed by atoms with Gasteiger partial charge < -0.3 is 15.2 Å². The molecule has 26 heavy (non-hydrogen) atoms. The number of thiophene rings is 1. The van der Waals surface area contributed by atoms with E-state index in [4.69, 9.17) is 14.7 Å². The molecule has 8 heteroatoms. The minimum atomic E-state index is -0.205. The van der Waals surface area contributed by atoms with E-state index in [1.807, 2.05) is 19.9 Å². The maximum Gasteiger partial charge on any atom is 0.254 e. The van der Waals surface area contributed by atoms with E-state index in [2.05, 4.69) is 24.3 Å². The number of aromatic nitrogens is 4. The second-order valence-corrected chi connectivity index (χ2v) is 8.35. The summed E-state index contributed by atoms with van der Waals surface area (Å²) in [7, 11) is 0. The smallest absolute Gasteiger partial charge is 0.254 e. The zero-order chi connectivity index (χ0) is 18.5. The van der Waals surface area contributed by atoms with Crippen LogP contribution in [0, 0.1) is 13.8 Å². The van der Waals surface area contributed by atoms with Crippen LogP contribution in [0.2, 0.25) is 0 Å². The normalized spacial score (nSPS) is 16.0. The number of aryl methyl sites for hydroxylation is 2. The highest BCUT2D eigenvalue weighted by molar-refractivity contribution is 7.19. The lowest BCUT2D eigenvalue weighted by Gasteiger charge is -2.30. The van der Waals surface area contributed by atoms with E-state index in [9.17, 15) is 5.11 Å². The van der Waals surface area contributed by atoms with Crippen molar-refractivity contribution in [2.75, 3.05) is 18.5 Å². The first-order valence-corrected chi connectivity index (χ1v) is 9.54. The molecule has 1 aliphatic rings. The highest BCUT2D eigenvalue weighted by Gasteiger charge is 2.31. The molecule has 0 aliphatic carbocycles. The predicted molar refractivity (Wildman–Crippen MR) is 102 cm³/mol. The first-order chi connectivity index (χ1) is 12.4. The summed E-state index contributed by atoms with van der Waals surface area (Å²) < 4.78 is 7.73. The van der Waals surface area contributed by atoms with Crippen molar-refractivity contribution in [3.05, 3.63) is 27.9 Å². The second kappa shape index (κ2) is 6.29. The van der Waals surface area contributed by atoms with Crippen LogP contribution in [0.3, 0.4) is 0 Å². The molecule has 0 atom stereocenters. The van der Waals surface area contributed by atoms with Crippen molar-refractivity contribution in [1.29, 1.82) is 0 Å². The van der Waals surface area contributed by atoms with Gasteiger partial charge in [0.15, 0.2) is 0 Å². The number of ether oxygens (including phenoxy) is 1. The number of fused-ring (bicyclic) bond motifs is 3. The van der Waals surface area contributed by atoms with Crippen molar-refractivity contribution in [3.63, 3.8) is 0 Å². The molecule has 3 aromatic rings. The van der Waals surface area contributed by atoms with Crippen LogP contribution in [0.15, 0.2) is 6.07 Å². The van der Waals surface area contributed by atoms with Crippen molar-refractivity contribution in [2.45, 2.75) is 46.3 Å². The van der Waals surface area contributed by atoms with Crippen molar-refractivity contribution < 1.29 is 9.84 Å². The third-order valence-electron chi connectivity index (χ3n) is 4.52. The first-order valence-electron chi connectivity index (χ1n) is 8.72. The van der Waals surface area contributed by atoms with Gasteiger partial charge in [-0.1, -0.05) is 0 Å². The molecule has 0 aromatic carbocycles. The van der Waals surface area contributed by atoms with E-state index in [-0.39, 0.29) is 12.2 Å². The van der Waals surface area contributed by atoms with Crippen LogP contribution >= 0.6 is 11.3 Å². The fourth-order valence-corrected chi connectivity index (χ4v) is 4.46. The van der Waals surface area contributed by atoms with E-state index in [1.54, 1.807) is 16.0 Å². The maximum atomic E-state index is 9.26. The molecule has 2 N–H and O–H groups in total. The minimum Gasteiger partial charge on any atom is -0.395 e. The van der Waals surface area contributed by atoms with E-state index in [1.165, 1.54) is 10.4 Å². The predicted octanol–water partition coefficient (Wildman–Crippen LogP) is 2.75. The molecule has 0 saturated heterocycles. The van der Waals surface area contributed by atoms with Crippen LogP contribution in [0.1, 0.15) is 35.7 Å². The van der Waals surface area contributed by atoms with Crippen LogP contribution in [0.25, 0.3) is 16.2 Å². The molecule has 3 aromatic heterocycles. The molecular formula is C18H23N5O2S. The number of nitrogens with one attached hydrogen (secondary N) is 1. The van der Waals surface area contributed by atoms with Gasteiger partial charge in [-0.05, 0) is 39.3 Å². The molecule has 0 radical (unpaired) electrons. The van der Waals surface area contributed by atoms with Crippen LogP contribution in [0.5, 0.6) is 0 Å². The summed E-state index contributed by atoms with van der Waals surface area (Å²) in [5.41, 5.74) is 2.96. The van der Waals surface area contributed by atoms with Gasteiger partial charge in [0, 0.05) is 23.5 Å². The average Bonchev–Trinajstić information content (AvgIpc) is 3.10. The minimum absolute atomic E-state index is 0.0433. The Morgan fingerprint density at radius 1 is 1.35 bits per heavy atom. The number of aliphatic hydroxyl groups excluding tert-OH is 1. The largest absolute Gasteiger partial charge is 0.395 e. The van der Waals surface area contributed by atoms with Crippen LogP contribution < -0.4 is 5.32 Å². The number of rotatable bonds is 4. The summed E-state index contributed by atoms with van der Waals surface area (Å²) in [6.45, 7) is 9.23. The third kappa shape index (κ3) is 2.98. The Morgan fingerprint density at radius 2 is 2.15 bits per heavy atom. The van der Waals surface area contributed by atoms with Gasteiger partial charge in [-0.15, -0.1) is 11.3 Å². The van der Waals surface area contributed by atoms with E-state index in [0.717, 1.165) is 33.8 Å². The number of aliphatic hydroxyl groups is 1. The van der Waals surface area contributed by atoms with E-state index in [0.29, 0.717) is 19.1 Å². The molecule has 0 spiro atoms. The van der Waals surface area contributed by atoms with Crippen molar-refractivity contribution in [1.82, 2.24) is 19.7 Å². The summed E-state index contributed by atoms with van der Waals surface area (Å²) in [4.78, 5) is 11.7. The molecule has 0 bridgehead atoms. The van der Waals surface area contributed by atoms with Gasteiger partial charge in [-0.25, -0.2) is 4.68 Å². The molecule has 0 fully saturated rings. The first kappa shape index (κ1) is 17.4. The Balaban J connectivity index is 1.91. The summed E-state index contributed by atoms with van der Waals surface area (Å²) in [5, 5.41) is 18.1. The molecule has 4 rings (SSSR count). The third-order valence-corrected chi connectivity index (χ3v) is 5.62. The lowest BCUT2D eigenvalue weighted by molar-refractivity contribution is -0.0379. The fraction of sp³-hybridized carbons (Fsp3) is 0.500. The summed E-state index contributed by atoms with van der Waals surface area (Å²) in [5.74, 6) is 1.30. The Morgan fingerprint density at radius 3 is 2.85 bits per heavy atom. The Hall–Kier alpha value is -2.03. The Kier molecular flexibility index (Phi) is 4.21. The lowest BCUT2D eigenvalue weighted by atomic mass is 9.94. The highest BCUT2D eigenvalue weighted by Crippen LogP contribution is 2.41. The van der Waals surface area contributed by atoms with Crippen LogP contribution in [0.4, 0.5) is 5.82 Å². The Bertz CT molecular complexity index is 976. The molecule has 138 valence electrons. The lowest BCUT2D eigenvalue weighted by Crippen LogP contribution is -2.31. The second-order valence-electron chi connectivity index (χ2n) is 7.27. The van der Waals surface area contributed by atoms with Gasteiger partial charge >= 0.3 is 0 Å².